The number of carbonyl (C=O) groups is 1. The molecule has 0 bridgehead atoms. The monoisotopic (exact) mass is 523 g/mol. The highest BCUT2D eigenvalue weighted by Gasteiger charge is 2.33. The van der Waals surface area contributed by atoms with Crippen molar-refractivity contribution in [3.63, 3.8) is 0 Å². The predicted octanol–water partition coefficient (Wildman–Crippen LogP) is 3.20. The maximum atomic E-state index is 13.5. The maximum absolute atomic E-state index is 13.5. The van der Waals surface area contributed by atoms with Crippen LogP contribution >= 0.6 is 0 Å². The van der Waals surface area contributed by atoms with E-state index in [-0.39, 0.29) is 66.2 Å². The number of hydrogen-bond acceptors (Lipinski definition) is 8. The van der Waals surface area contributed by atoms with Gasteiger partial charge >= 0.3 is 0 Å². The van der Waals surface area contributed by atoms with Gasteiger partial charge in [0, 0.05) is 36.8 Å². The summed E-state index contributed by atoms with van der Waals surface area (Å²) in [5.41, 5.74) is -0.443. The van der Waals surface area contributed by atoms with Crippen molar-refractivity contribution < 1.29 is 27.6 Å². The van der Waals surface area contributed by atoms with Crippen LogP contribution in [0.2, 0.25) is 0 Å². The fourth-order valence-corrected chi connectivity index (χ4v) is 5.13. The van der Waals surface area contributed by atoms with E-state index in [4.69, 9.17) is 9.47 Å². The van der Waals surface area contributed by atoms with Crippen molar-refractivity contribution in [2.24, 2.45) is 0 Å². The van der Waals surface area contributed by atoms with Crippen molar-refractivity contribution in [2.45, 2.75) is 64.4 Å². The Balaban J connectivity index is 2.14. The second-order valence-electron chi connectivity index (χ2n) is 9.65. The maximum Gasteiger partial charge on any atom is 0.272 e. The molecule has 1 saturated heterocycles. The second kappa shape index (κ2) is 10.5. The number of nitrogens with zero attached hydrogens (tertiary/aromatic N) is 4. The van der Waals surface area contributed by atoms with E-state index in [2.05, 4.69) is 10.4 Å². The molecule has 1 aromatic heterocycles. The van der Waals surface area contributed by atoms with Gasteiger partial charge in [-0.05, 0) is 47.1 Å². The zero-order chi connectivity index (χ0) is 26.8. The van der Waals surface area contributed by atoms with E-state index in [0.717, 1.165) is 12.5 Å². The third-order valence-corrected chi connectivity index (χ3v) is 7.76. The highest BCUT2D eigenvalue weighted by atomic mass is 32.2. The van der Waals surface area contributed by atoms with Gasteiger partial charge in [-0.2, -0.15) is 9.40 Å². The molecule has 1 aromatic carbocycles. The number of amides is 1. The lowest BCUT2D eigenvalue weighted by atomic mass is 10.1. The van der Waals surface area contributed by atoms with Crippen molar-refractivity contribution in [1.82, 2.24) is 19.4 Å². The number of aromatic nitrogens is 2. The molecule has 12 nitrogen and oxygen atoms in total. The second-order valence-corrected chi connectivity index (χ2v) is 11.6. The summed E-state index contributed by atoms with van der Waals surface area (Å²) in [4.78, 5) is 23.3. The Morgan fingerprint density at radius 1 is 1.31 bits per heavy atom. The number of nitro benzene ring substituents is 1. The molecule has 13 heteroatoms. The summed E-state index contributed by atoms with van der Waals surface area (Å²) >= 11 is 0. The summed E-state index contributed by atoms with van der Waals surface area (Å²) in [6, 6.07) is 3.35. The summed E-state index contributed by atoms with van der Waals surface area (Å²) < 4.78 is 41.1. The van der Waals surface area contributed by atoms with E-state index in [1.165, 1.54) is 21.1 Å². The molecular formula is C23H33N5O7S. The lowest BCUT2D eigenvalue weighted by Gasteiger charge is -2.27. The summed E-state index contributed by atoms with van der Waals surface area (Å²) in [6.07, 6.45) is 0.736. The number of benzene rings is 1. The van der Waals surface area contributed by atoms with Crippen LogP contribution in [0.1, 0.15) is 57.1 Å². The summed E-state index contributed by atoms with van der Waals surface area (Å²) in [7, 11) is -4.14. The van der Waals surface area contributed by atoms with Crippen LogP contribution in [0.3, 0.4) is 0 Å². The molecule has 0 radical (unpaired) electrons. The van der Waals surface area contributed by atoms with Gasteiger partial charge in [-0.15, -0.1) is 0 Å². The van der Waals surface area contributed by atoms with Gasteiger partial charge in [-0.3, -0.25) is 14.9 Å². The highest BCUT2D eigenvalue weighted by molar-refractivity contribution is 7.89. The van der Waals surface area contributed by atoms with Gasteiger partial charge in [0.25, 0.3) is 11.6 Å². The molecule has 0 unspecified atom stereocenters. The summed E-state index contributed by atoms with van der Waals surface area (Å²) in [5, 5.41) is 18.8. The lowest BCUT2D eigenvalue weighted by molar-refractivity contribution is -0.385. The fourth-order valence-electron chi connectivity index (χ4n) is 3.59. The smallest absolute Gasteiger partial charge is 0.272 e. The van der Waals surface area contributed by atoms with Crippen LogP contribution in [0.25, 0.3) is 0 Å². The Bertz CT molecular complexity index is 1240. The molecule has 2 heterocycles. The van der Waals surface area contributed by atoms with E-state index < -0.39 is 20.5 Å². The van der Waals surface area contributed by atoms with Crippen molar-refractivity contribution in [3.8, 4) is 11.6 Å². The topological polar surface area (TPSA) is 146 Å². The van der Waals surface area contributed by atoms with Crippen molar-refractivity contribution in [3.05, 3.63) is 39.6 Å². The zero-order valence-electron chi connectivity index (χ0n) is 21.4. The Morgan fingerprint density at radius 2 is 1.94 bits per heavy atom. The molecule has 0 saturated carbocycles. The quantitative estimate of drug-likeness (QED) is 0.410. The van der Waals surface area contributed by atoms with E-state index in [9.17, 15) is 23.3 Å². The zero-order valence-corrected chi connectivity index (χ0v) is 22.2. The van der Waals surface area contributed by atoms with Gasteiger partial charge in [0.15, 0.2) is 5.69 Å². The SMILES string of the molecule is CC[C@H](C)NC(=O)c1nn(C(C)(C)C)c(Oc2ccc([N+](=O)[O-])cc2S(=O)(=O)N2CCOCC2)c1C. The molecule has 3 rings (SSSR count). The number of nitrogens with one attached hydrogen (secondary N) is 1. The molecule has 1 atom stereocenters. The van der Waals surface area contributed by atoms with Crippen molar-refractivity contribution in [2.75, 3.05) is 26.3 Å². The number of sulfonamides is 1. The number of ether oxygens (including phenoxy) is 2. The molecule has 0 spiro atoms. The minimum atomic E-state index is -4.14. The first-order valence-electron chi connectivity index (χ1n) is 11.7. The van der Waals surface area contributed by atoms with Crippen LogP contribution in [0.5, 0.6) is 11.6 Å². The molecular weight excluding hydrogens is 490 g/mol. The number of hydrogen-bond donors (Lipinski definition) is 1. The number of carbonyl (C=O) groups excluding carboxylic acids is 1. The third kappa shape index (κ3) is 5.68. The van der Waals surface area contributed by atoms with Gasteiger partial charge in [-0.1, -0.05) is 6.92 Å². The van der Waals surface area contributed by atoms with Crippen LogP contribution < -0.4 is 10.1 Å². The predicted molar refractivity (Wildman–Crippen MR) is 132 cm³/mol. The third-order valence-electron chi connectivity index (χ3n) is 5.84. The molecule has 1 aliphatic rings. The molecule has 1 amide bonds. The lowest BCUT2D eigenvalue weighted by Crippen LogP contribution is -2.40. The van der Waals surface area contributed by atoms with Gasteiger partial charge < -0.3 is 14.8 Å². The average Bonchev–Trinajstić information content (AvgIpc) is 3.16. The van der Waals surface area contributed by atoms with E-state index in [1.54, 1.807) is 6.92 Å². The van der Waals surface area contributed by atoms with Crippen molar-refractivity contribution >= 4 is 21.6 Å². The molecule has 1 fully saturated rings. The Kier molecular flexibility index (Phi) is 8.06. The van der Waals surface area contributed by atoms with Crippen LogP contribution in [-0.2, 0) is 20.3 Å². The highest BCUT2D eigenvalue weighted by Crippen LogP contribution is 2.37. The van der Waals surface area contributed by atoms with Crippen LogP contribution in [0.15, 0.2) is 23.1 Å². The number of rotatable bonds is 8. The van der Waals surface area contributed by atoms with Gasteiger partial charge in [0.1, 0.15) is 10.6 Å². The average molecular weight is 524 g/mol. The van der Waals surface area contributed by atoms with E-state index in [1.807, 2.05) is 34.6 Å². The minimum Gasteiger partial charge on any atom is -0.438 e. The van der Waals surface area contributed by atoms with Crippen molar-refractivity contribution in [1.29, 1.82) is 0 Å². The fraction of sp³-hybridized carbons (Fsp3) is 0.565. The van der Waals surface area contributed by atoms with Gasteiger partial charge in [-0.25, -0.2) is 13.1 Å². The number of morpholine rings is 1. The van der Waals surface area contributed by atoms with Gasteiger partial charge in [0.2, 0.25) is 15.9 Å². The van der Waals surface area contributed by atoms with Gasteiger partial charge in [0.05, 0.1) is 23.7 Å². The van der Waals surface area contributed by atoms with Crippen LogP contribution in [0.4, 0.5) is 5.69 Å². The van der Waals surface area contributed by atoms with E-state index >= 15 is 0 Å². The molecule has 36 heavy (non-hydrogen) atoms. The largest absolute Gasteiger partial charge is 0.438 e. The standard InChI is InChI=1S/C23H33N5O7S/c1-7-15(2)24-21(29)20-16(3)22(27(25-20)23(4,5)6)35-18-9-8-17(28(30)31)14-19(18)36(32,33)26-10-12-34-13-11-26/h8-9,14-15H,7,10-13H2,1-6H3,(H,24,29)/t15-/m0/s1. The first-order valence-corrected chi connectivity index (χ1v) is 13.2. The Hall–Kier alpha value is -3.03. The normalized spacial score (nSPS) is 15.9. The number of non-ortho nitro benzene ring substituents is 1. The van der Waals surface area contributed by atoms with E-state index in [0.29, 0.717) is 5.56 Å². The van der Waals surface area contributed by atoms with Crippen LogP contribution in [-0.4, -0.2) is 65.7 Å². The van der Waals surface area contributed by atoms with Crippen LogP contribution in [0, 0.1) is 17.0 Å². The number of nitro groups is 1. The Labute approximate surface area is 210 Å². The summed E-state index contributed by atoms with van der Waals surface area (Å²) in [6.45, 7) is 11.8. The first kappa shape index (κ1) is 27.6. The minimum absolute atomic E-state index is 0.0685. The molecule has 1 aliphatic heterocycles. The first-order chi connectivity index (χ1) is 16.8. The summed E-state index contributed by atoms with van der Waals surface area (Å²) in [5.74, 6) is -0.307. The molecule has 0 aliphatic carbocycles. The Morgan fingerprint density at radius 3 is 2.50 bits per heavy atom. The molecule has 1 N–H and O–H groups in total. The molecule has 2 aromatic rings. The molecule has 198 valence electrons.